The summed E-state index contributed by atoms with van der Waals surface area (Å²) >= 11 is 3.32. The van der Waals surface area contributed by atoms with Crippen LogP contribution in [0.25, 0.3) is 0 Å². The van der Waals surface area contributed by atoms with E-state index in [4.69, 9.17) is 4.74 Å². The second-order valence-electron chi connectivity index (χ2n) is 3.00. The quantitative estimate of drug-likeness (QED) is 0.855. The average molecular weight is 268 g/mol. The summed E-state index contributed by atoms with van der Waals surface area (Å²) in [4.78, 5) is 4.00. The molecule has 0 unspecified atom stereocenters. The van der Waals surface area contributed by atoms with Gasteiger partial charge in [0.25, 0.3) is 0 Å². The molecule has 0 bridgehead atoms. The van der Waals surface area contributed by atoms with E-state index in [-0.39, 0.29) is 0 Å². The molecule has 0 saturated heterocycles. The van der Waals surface area contributed by atoms with E-state index in [2.05, 4.69) is 26.0 Å². The summed E-state index contributed by atoms with van der Waals surface area (Å²) in [5.41, 5.74) is 1.08. The molecule has 0 spiro atoms. The lowest BCUT2D eigenvalue weighted by Gasteiger charge is -2.07. The van der Waals surface area contributed by atoms with E-state index in [0.717, 1.165) is 11.3 Å². The summed E-state index contributed by atoms with van der Waals surface area (Å²) in [6.07, 6.45) is 1.51. The SMILES string of the molecule is COc1ccccc1Cn1ncnc1Br. The molecule has 0 radical (unpaired) electrons. The topological polar surface area (TPSA) is 39.9 Å². The summed E-state index contributed by atoms with van der Waals surface area (Å²) in [7, 11) is 1.66. The highest BCUT2D eigenvalue weighted by Crippen LogP contribution is 2.19. The Balaban J connectivity index is 2.28. The standard InChI is InChI=1S/C10H10BrN3O/c1-15-9-5-3-2-4-8(9)6-14-10(11)12-7-13-14/h2-5,7H,6H2,1H3. The van der Waals surface area contributed by atoms with Gasteiger partial charge in [-0.1, -0.05) is 18.2 Å². The predicted molar refractivity (Wildman–Crippen MR) is 59.8 cm³/mol. The average Bonchev–Trinajstić information content (AvgIpc) is 2.65. The minimum absolute atomic E-state index is 0.643. The lowest BCUT2D eigenvalue weighted by atomic mass is 10.2. The van der Waals surface area contributed by atoms with Gasteiger partial charge in [0.2, 0.25) is 0 Å². The fourth-order valence-corrected chi connectivity index (χ4v) is 1.66. The maximum absolute atomic E-state index is 5.26. The molecule has 1 aromatic heterocycles. The van der Waals surface area contributed by atoms with E-state index in [0.29, 0.717) is 11.3 Å². The molecule has 1 heterocycles. The van der Waals surface area contributed by atoms with Gasteiger partial charge >= 0.3 is 0 Å². The Labute approximate surface area is 96.0 Å². The number of hydrogen-bond acceptors (Lipinski definition) is 3. The third-order valence-corrected chi connectivity index (χ3v) is 2.70. The van der Waals surface area contributed by atoms with Crippen molar-refractivity contribution in [3.05, 3.63) is 40.9 Å². The van der Waals surface area contributed by atoms with E-state index >= 15 is 0 Å². The molecule has 0 saturated carbocycles. The number of nitrogens with zero attached hydrogens (tertiary/aromatic N) is 3. The molecule has 15 heavy (non-hydrogen) atoms. The van der Waals surface area contributed by atoms with Crippen LogP contribution in [0.1, 0.15) is 5.56 Å². The summed E-state index contributed by atoms with van der Waals surface area (Å²) in [6.45, 7) is 0.643. The highest BCUT2D eigenvalue weighted by Gasteiger charge is 2.05. The normalized spacial score (nSPS) is 10.3. The molecule has 0 aliphatic rings. The molecule has 0 atom stereocenters. The van der Waals surface area contributed by atoms with Crippen LogP contribution in [0.5, 0.6) is 5.75 Å². The fourth-order valence-electron chi connectivity index (χ4n) is 1.35. The Bertz CT molecular complexity index is 455. The van der Waals surface area contributed by atoms with Crippen LogP contribution in [0.15, 0.2) is 35.3 Å². The van der Waals surface area contributed by atoms with Gasteiger partial charge < -0.3 is 4.74 Å². The van der Waals surface area contributed by atoms with Gasteiger partial charge in [-0.05, 0) is 22.0 Å². The van der Waals surface area contributed by atoms with Crippen LogP contribution >= 0.6 is 15.9 Å². The van der Waals surface area contributed by atoms with Gasteiger partial charge in [0.15, 0.2) is 4.73 Å². The van der Waals surface area contributed by atoms with Gasteiger partial charge in [-0.3, -0.25) is 0 Å². The van der Waals surface area contributed by atoms with Gasteiger partial charge in [-0.2, -0.15) is 5.10 Å². The zero-order chi connectivity index (χ0) is 10.7. The number of methoxy groups -OCH3 is 1. The van der Waals surface area contributed by atoms with Crippen LogP contribution in [0.2, 0.25) is 0 Å². The van der Waals surface area contributed by atoms with Gasteiger partial charge in [0.05, 0.1) is 13.7 Å². The van der Waals surface area contributed by atoms with E-state index < -0.39 is 0 Å². The van der Waals surface area contributed by atoms with Crippen molar-refractivity contribution in [3.63, 3.8) is 0 Å². The number of hydrogen-bond donors (Lipinski definition) is 0. The van der Waals surface area contributed by atoms with E-state index in [1.807, 2.05) is 24.3 Å². The van der Waals surface area contributed by atoms with Crippen molar-refractivity contribution in [2.75, 3.05) is 7.11 Å². The molecule has 2 aromatic rings. The number of para-hydroxylation sites is 1. The van der Waals surface area contributed by atoms with Crippen LogP contribution in [-0.4, -0.2) is 21.9 Å². The van der Waals surface area contributed by atoms with Crippen LogP contribution in [-0.2, 0) is 6.54 Å². The van der Waals surface area contributed by atoms with Crippen LogP contribution in [0.4, 0.5) is 0 Å². The van der Waals surface area contributed by atoms with Crippen LogP contribution in [0.3, 0.4) is 0 Å². The zero-order valence-electron chi connectivity index (χ0n) is 8.22. The number of rotatable bonds is 3. The lowest BCUT2D eigenvalue weighted by molar-refractivity contribution is 0.407. The first-order chi connectivity index (χ1) is 7.31. The molecule has 0 aliphatic heterocycles. The van der Waals surface area contributed by atoms with E-state index in [1.54, 1.807) is 11.8 Å². The largest absolute Gasteiger partial charge is 0.496 e. The maximum Gasteiger partial charge on any atom is 0.195 e. The molecule has 5 heteroatoms. The molecule has 2 rings (SSSR count). The van der Waals surface area contributed by atoms with Crippen molar-refractivity contribution in [2.45, 2.75) is 6.54 Å². The maximum atomic E-state index is 5.26. The Morgan fingerprint density at radius 2 is 2.20 bits per heavy atom. The molecule has 0 fully saturated rings. The summed E-state index contributed by atoms with van der Waals surface area (Å²) < 4.78 is 7.74. The van der Waals surface area contributed by atoms with Crippen molar-refractivity contribution in [3.8, 4) is 5.75 Å². The van der Waals surface area contributed by atoms with Crippen molar-refractivity contribution >= 4 is 15.9 Å². The Morgan fingerprint density at radius 1 is 1.40 bits per heavy atom. The fraction of sp³-hybridized carbons (Fsp3) is 0.200. The van der Waals surface area contributed by atoms with Gasteiger partial charge in [0.1, 0.15) is 12.1 Å². The molecular weight excluding hydrogens is 258 g/mol. The second kappa shape index (κ2) is 4.44. The summed E-state index contributed by atoms with van der Waals surface area (Å²) in [5.74, 6) is 0.861. The monoisotopic (exact) mass is 267 g/mol. The number of halogens is 1. The number of aromatic nitrogens is 3. The molecule has 1 aromatic carbocycles. The second-order valence-corrected chi connectivity index (χ2v) is 3.71. The summed E-state index contributed by atoms with van der Waals surface area (Å²) in [6, 6.07) is 7.86. The molecule has 0 amide bonds. The number of ether oxygens (including phenoxy) is 1. The minimum atomic E-state index is 0.643. The lowest BCUT2D eigenvalue weighted by Crippen LogP contribution is -2.03. The first kappa shape index (κ1) is 10.2. The first-order valence-electron chi connectivity index (χ1n) is 4.46. The zero-order valence-corrected chi connectivity index (χ0v) is 9.81. The van der Waals surface area contributed by atoms with Crippen molar-refractivity contribution < 1.29 is 4.74 Å². The smallest absolute Gasteiger partial charge is 0.195 e. The van der Waals surface area contributed by atoms with Crippen molar-refractivity contribution in [1.29, 1.82) is 0 Å². The third kappa shape index (κ3) is 2.18. The highest BCUT2D eigenvalue weighted by molar-refractivity contribution is 9.10. The van der Waals surface area contributed by atoms with E-state index in [9.17, 15) is 0 Å². The highest BCUT2D eigenvalue weighted by atomic mass is 79.9. The predicted octanol–water partition coefficient (Wildman–Crippen LogP) is 2.10. The Morgan fingerprint density at radius 3 is 2.87 bits per heavy atom. The van der Waals surface area contributed by atoms with Crippen molar-refractivity contribution in [2.24, 2.45) is 0 Å². The van der Waals surface area contributed by atoms with E-state index in [1.165, 1.54) is 6.33 Å². The van der Waals surface area contributed by atoms with Gasteiger partial charge in [-0.15, -0.1) is 0 Å². The molecule has 4 nitrogen and oxygen atoms in total. The molecule has 0 N–H and O–H groups in total. The Hall–Kier alpha value is -1.36. The van der Waals surface area contributed by atoms with Crippen molar-refractivity contribution in [1.82, 2.24) is 14.8 Å². The summed E-state index contributed by atoms with van der Waals surface area (Å²) in [5, 5.41) is 4.09. The molecule has 0 aliphatic carbocycles. The first-order valence-corrected chi connectivity index (χ1v) is 5.26. The molecule has 78 valence electrons. The van der Waals surface area contributed by atoms with Crippen LogP contribution in [0, 0.1) is 0 Å². The Kier molecular flexibility index (Phi) is 3.01. The van der Waals surface area contributed by atoms with Crippen LogP contribution < -0.4 is 4.74 Å². The minimum Gasteiger partial charge on any atom is -0.496 e. The number of benzene rings is 1. The molecular formula is C10H10BrN3O. The van der Waals surface area contributed by atoms with Gasteiger partial charge in [0, 0.05) is 5.56 Å². The van der Waals surface area contributed by atoms with Gasteiger partial charge in [-0.25, -0.2) is 9.67 Å². The third-order valence-electron chi connectivity index (χ3n) is 2.08.